The van der Waals surface area contributed by atoms with Crippen LogP contribution in [0.3, 0.4) is 0 Å². The van der Waals surface area contributed by atoms with Gasteiger partial charge in [-0.2, -0.15) is 5.10 Å². The van der Waals surface area contributed by atoms with E-state index in [9.17, 15) is 4.79 Å². The van der Waals surface area contributed by atoms with Gasteiger partial charge in [-0.25, -0.2) is 0 Å². The summed E-state index contributed by atoms with van der Waals surface area (Å²) in [5.74, 6) is 0.0805. The van der Waals surface area contributed by atoms with Crippen molar-refractivity contribution >= 4 is 35.1 Å². The van der Waals surface area contributed by atoms with Gasteiger partial charge in [0, 0.05) is 17.3 Å². The Morgan fingerprint density at radius 3 is 2.81 bits per heavy atom. The molecule has 0 aliphatic heterocycles. The van der Waals surface area contributed by atoms with Crippen molar-refractivity contribution in [1.29, 1.82) is 0 Å². The molecule has 0 bridgehead atoms. The van der Waals surface area contributed by atoms with Gasteiger partial charge >= 0.3 is 6.01 Å². The number of carbonyl (C=O) groups is 1. The Morgan fingerprint density at radius 2 is 2.12 bits per heavy atom. The third-order valence-corrected chi connectivity index (χ3v) is 3.81. The number of nitrogens with one attached hydrogen (secondary N) is 1. The van der Waals surface area contributed by atoms with Crippen LogP contribution in [0.25, 0.3) is 11.6 Å². The van der Waals surface area contributed by atoms with Crippen molar-refractivity contribution in [3.05, 3.63) is 40.5 Å². The van der Waals surface area contributed by atoms with Gasteiger partial charge in [0.1, 0.15) is 11.4 Å². The van der Waals surface area contributed by atoms with E-state index in [0.717, 1.165) is 0 Å². The average Bonchev–Trinajstić information content (AvgIpc) is 3.23. The Kier molecular flexibility index (Phi) is 5.43. The Labute approximate surface area is 159 Å². The Bertz CT molecular complexity index is 922. The highest BCUT2D eigenvalue weighted by atomic mass is 35.5. The highest BCUT2D eigenvalue weighted by Gasteiger charge is 2.15. The maximum absolute atomic E-state index is 12.0. The van der Waals surface area contributed by atoms with E-state index in [0.29, 0.717) is 21.5 Å². The molecule has 1 amide bonds. The molecule has 0 saturated heterocycles. The lowest BCUT2D eigenvalue weighted by molar-refractivity contribution is -0.118. The van der Waals surface area contributed by atoms with Gasteiger partial charge in [0.05, 0.1) is 5.02 Å². The van der Waals surface area contributed by atoms with Gasteiger partial charge in [0.2, 0.25) is 0 Å². The summed E-state index contributed by atoms with van der Waals surface area (Å²) in [4.78, 5) is 12.0. The second-order valence-electron chi connectivity index (χ2n) is 5.60. The second-order valence-corrected chi connectivity index (χ2v) is 6.44. The zero-order valence-electron chi connectivity index (χ0n) is 13.9. The van der Waals surface area contributed by atoms with Crippen LogP contribution in [0.5, 0.6) is 5.75 Å². The van der Waals surface area contributed by atoms with Crippen molar-refractivity contribution in [1.82, 2.24) is 20.0 Å². The molecule has 1 aromatic carbocycles. The van der Waals surface area contributed by atoms with Crippen molar-refractivity contribution < 1.29 is 13.9 Å². The Hall–Kier alpha value is -2.58. The number of nitrogens with zero attached hydrogens (tertiary/aromatic N) is 4. The fraction of sp³-hybridized carbons (Fsp3) is 0.250. The lowest BCUT2D eigenvalue weighted by Gasteiger charge is -2.07. The van der Waals surface area contributed by atoms with E-state index in [-0.39, 0.29) is 24.6 Å². The van der Waals surface area contributed by atoms with Crippen LogP contribution in [0.4, 0.5) is 6.01 Å². The molecule has 0 fully saturated rings. The molecule has 10 heteroatoms. The number of halogens is 2. The highest BCUT2D eigenvalue weighted by molar-refractivity contribution is 6.35. The molecular formula is C16H15Cl2N5O3. The topological polar surface area (TPSA) is 95.1 Å². The first-order chi connectivity index (χ1) is 12.4. The minimum atomic E-state index is -0.473. The van der Waals surface area contributed by atoms with Crippen LogP contribution in [0, 0.1) is 0 Å². The predicted octanol–water partition coefficient (Wildman–Crippen LogP) is 3.84. The molecule has 8 nitrogen and oxygen atoms in total. The molecule has 0 aliphatic rings. The predicted molar refractivity (Wildman–Crippen MR) is 96.5 cm³/mol. The normalized spacial score (nSPS) is 11.0. The second kappa shape index (κ2) is 7.76. The fourth-order valence-electron chi connectivity index (χ4n) is 2.01. The summed E-state index contributed by atoms with van der Waals surface area (Å²) < 4.78 is 12.5. The first kappa shape index (κ1) is 18.2. The standard InChI is InChI=1S/C16H15Cl2N5O3/c1-9(2)23-6-5-12(22-23)15-20-21-16(26-15)19-14(24)8-25-13-4-3-10(17)7-11(13)18/h3-7,9H,8H2,1-2H3,(H,19,21,24). The molecule has 0 saturated carbocycles. The van der Waals surface area contributed by atoms with E-state index in [1.54, 1.807) is 22.9 Å². The number of ether oxygens (including phenoxy) is 1. The molecule has 0 spiro atoms. The van der Waals surface area contributed by atoms with Crippen LogP contribution >= 0.6 is 23.2 Å². The molecule has 1 N–H and O–H groups in total. The van der Waals surface area contributed by atoms with Crippen molar-refractivity contribution in [3.63, 3.8) is 0 Å². The lowest BCUT2D eigenvalue weighted by Crippen LogP contribution is -2.20. The van der Waals surface area contributed by atoms with Crippen LogP contribution < -0.4 is 10.1 Å². The third kappa shape index (κ3) is 4.33. The van der Waals surface area contributed by atoms with E-state index in [1.165, 1.54) is 6.07 Å². The number of hydrogen-bond acceptors (Lipinski definition) is 6. The summed E-state index contributed by atoms with van der Waals surface area (Å²) >= 11 is 11.8. The first-order valence-corrected chi connectivity index (χ1v) is 8.44. The smallest absolute Gasteiger partial charge is 0.322 e. The molecule has 26 heavy (non-hydrogen) atoms. The molecule has 0 aliphatic carbocycles. The van der Waals surface area contributed by atoms with Crippen molar-refractivity contribution in [2.24, 2.45) is 0 Å². The number of hydrogen-bond donors (Lipinski definition) is 1. The maximum Gasteiger partial charge on any atom is 0.322 e. The van der Waals surface area contributed by atoms with E-state index in [2.05, 4.69) is 20.6 Å². The van der Waals surface area contributed by atoms with E-state index >= 15 is 0 Å². The molecule has 0 unspecified atom stereocenters. The Balaban J connectivity index is 1.58. The van der Waals surface area contributed by atoms with Crippen molar-refractivity contribution in [2.45, 2.75) is 19.9 Å². The zero-order valence-corrected chi connectivity index (χ0v) is 15.5. The van der Waals surface area contributed by atoms with E-state index in [4.69, 9.17) is 32.4 Å². The quantitative estimate of drug-likeness (QED) is 0.680. The van der Waals surface area contributed by atoms with Gasteiger partial charge < -0.3 is 9.15 Å². The van der Waals surface area contributed by atoms with Gasteiger partial charge in [0.15, 0.2) is 6.61 Å². The molecule has 2 aromatic heterocycles. The summed E-state index contributed by atoms with van der Waals surface area (Å²) in [6, 6.07) is 6.63. The van der Waals surface area contributed by atoms with Gasteiger partial charge in [-0.15, -0.1) is 5.10 Å². The summed E-state index contributed by atoms with van der Waals surface area (Å²) in [6.45, 7) is 3.73. The van der Waals surface area contributed by atoms with Gasteiger partial charge in [-0.3, -0.25) is 14.8 Å². The number of benzene rings is 1. The largest absolute Gasteiger partial charge is 0.482 e. The minimum Gasteiger partial charge on any atom is -0.482 e. The fourth-order valence-corrected chi connectivity index (χ4v) is 2.47. The van der Waals surface area contributed by atoms with Crippen LogP contribution in [0.15, 0.2) is 34.9 Å². The van der Waals surface area contributed by atoms with E-state index < -0.39 is 5.91 Å². The lowest BCUT2D eigenvalue weighted by atomic mass is 10.3. The molecule has 136 valence electrons. The van der Waals surface area contributed by atoms with E-state index in [1.807, 2.05) is 20.0 Å². The maximum atomic E-state index is 12.0. The van der Waals surface area contributed by atoms with Gasteiger partial charge in [-0.05, 0) is 38.1 Å². The number of anilines is 1. The summed E-state index contributed by atoms with van der Waals surface area (Å²) in [6.07, 6.45) is 1.81. The van der Waals surface area contributed by atoms with Crippen LogP contribution in [0.2, 0.25) is 10.0 Å². The van der Waals surface area contributed by atoms with Gasteiger partial charge in [-0.1, -0.05) is 28.3 Å². The molecule has 3 aromatic rings. The minimum absolute atomic E-state index is 0.0464. The summed E-state index contributed by atoms with van der Waals surface area (Å²) in [7, 11) is 0. The SMILES string of the molecule is CC(C)n1ccc(-c2nnc(NC(=O)COc3ccc(Cl)cc3Cl)o2)n1. The molecular weight excluding hydrogens is 381 g/mol. The van der Waals surface area contributed by atoms with Crippen LogP contribution in [0.1, 0.15) is 19.9 Å². The number of amides is 1. The number of carbonyl (C=O) groups excluding carboxylic acids is 1. The first-order valence-electron chi connectivity index (χ1n) is 7.69. The highest BCUT2D eigenvalue weighted by Crippen LogP contribution is 2.27. The molecule has 0 radical (unpaired) electrons. The monoisotopic (exact) mass is 395 g/mol. The van der Waals surface area contributed by atoms with Crippen LogP contribution in [-0.2, 0) is 4.79 Å². The summed E-state index contributed by atoms with van der Waals surface area (Å²) in [5.41, 5.74) is 0.524. The molecule has 3 rings (SSSR count). The average molecular weight is 396 g/mol. The molecule has 0 atom stereocenters. The van der Waals surface area contributed by atoms with Crippen LogP contribution in [-0.4, -0.2) is 32.5 Å². The zero-order chi connectivity index (χ0) is 18.7. The van der Waals surface area contributed by atoms with Crippen molar-refractivity contribution in [3.8, 4) is 17.3 Å². The third-order valence-electron chi connectivity index (χ3n) is 3.28. The Morgan fingerprint density at radius 1 is 1.31 bits per heavy atom. The van der Waals surface area contributed by atoms with Crippen molar-refractivity contribution in [2.75, 3.05) is 11.9 Å². The number of rotatable bonds is 6. The summed E-state index contributed by atoms with van der Waals surface area (Å²) in [5, 5.41) is 15.2. The van der Waals surface area contributed by atoms with Gasteiger partial charge in [0.25, 0.3) is 11.8 Å². The number of aromatic nitrogens is 4. The molecule has 2 heterocycles.